The van der Waals surface area contributed by atoms with Crippen LogP contribution in [0, 0.1) is 0 Å². The average Bonchev–Trinajstić information content (AvgIpc) is 2.00. The van der Waals surface area contributed by atoms with Crippen molar-refractivity contribution in [2.75, 3.05) is 6.61 Å². The average molecular weight is 172 g/mol. The fourth-order valence-corrected chi connectivity index (χ4v) is 0.531. The molecule has 0 aromatic rings. The highest BCUT2D eigenvalue weighted by atomic mass is 16.5. The van der Waals surface area contributed by atoms with Crippen LogP contribution >= 0.6 is 0 Å². The van der Waals surface area contributed by atoms with Crippen LogP contribution in [0.4, 0.5) is 0 Å². The van der Waals surface area contributed by atoms with E-state index in [0.29, 0.717) is 6.61 Å². The summed E-state index contributed by atoms with van der Waals surface area (Å²) in [6, 6.07) is 0. The predicted molar refractivity (Wildman–Crippen MR) is 42.6 cm³/mol. The first-order valence-electron chi connectivity index (χ1n) is 3.72. The van der Waals surface area contributed by atoms with E-state index in [1.54, 1.807) is 0 Å². The Morgan fingerprint density at radius 2 is 2.17 bits per heavy atom. The molecule has 0 unspecified atom stereocenters. The second-order valence-electron chi connectivity index (χ2n) is 2.17. The number of aliphatic carboxylic acids is 1. The molecule has 4 nitrogen and oxygen atoms in total. The molecule has 0 bridgehead atoms. The van der Waals surface area contributed by atoms with Gasteiger partial charge in [-0.15, -0.1) is 0 Å². The number of hydrogen-bond acceptors (Lipinski definition) is 3. The molecule has 0 heterocycles. The molecule has 0 fully saturated rings. The van der Waals surface area contributed by atoms with Crippen molar-refractivity contribution in [2.45, 2.75) is 19.8 Å². The smallest absolute Gasteiger partial charge is 0.327 e. The Kier molecular flexibility index (Phi) is 5.69. The highest BCUT2D eigenvalue weighted by Gasteiger charge is 1.97. The minimum Gasteiger partial charge on any atom is -0.478 e. The molecular formula is C8H12O4. The van der Waals surface area contributed by atoms with Crippen LogP contribution in [0.1, 0.15) is 19.8 Å². The van der Waals surface area contributed by atoms with Crippen molar-refractivity contribution < 1.29 is 19.4 Å². The topological polar surface area (TPSA) is 63.6 Å². The Labute approximate surface area is 70.8 Å². The molecule has 0 amide bonds. The molecule has 0 aromatic carbocycles. The Hall–Kier alpha value is -1.32. The van der Waals surface area contributed by atoms with Crippen LogP contribution in [-0.4, -0.2) is 23.7 Å². The van der Waals surface area contributed by atoms with Crippen molar-refractivity contribution in [2.24, 2.45) is 0 Å². The molecule has 0 saturated carbocycles. The number of carbonyl (C=O) groups is 2. The fraction of sp³-hybridized carbons (Fsp3) is 0.500. The summed E-state index contributed by atoms with van der Waals surface area (Å²) >= 11 is 0. The van der Waals surface area contributed by atoms with Crippen LogP contribution < -0.4 is 0 Å². The SMILES string of the molecule is CCCOC(=O)C/C=C/C(=O)O. The van der Waals surface area contributed by atoms with E-state index in [1.165, 1.54) is 6.08 Å². The molecule has 0 radical (unpaired) electrons. The lowest BCUT2D eigenvalue weighted by Gasteiger charge is -1.98. The van der Waals surface area contributed by atoms with Crippen molar-refractivity contribution in [3.05, 3.63) is 12.2 Å². The van der Waals surface area contributed by atoms with Gasteiger partial charge in [-0.05, 0) is 6.42 Å². The zero-order valence-corrected chi connectivity index (χ0v) is 6.95. The number of hydrogen-bond donors (Lipinski definition) is 1. The standard InChI is InChI=1S/C8H12O4/c1-2-6-12-8(11)5-3-4-7(9)10/h3-4H,2,5-6H2,1H3,(H,9,10)/b4-3+. The normalized spacial score (nSPS) is 10.1. The third-order valence-corrected chi connectivity index (χ3v) is 1.01. The van der Waals surface area contributed by atoms with Gasteiger partial charge >= 0.3 is 11.9 Å². The Balaban J connectivity index is 3.50. The van der Waals surface area contributed by atoms with Crippen molar-refractivity contribution in [1.29, 1.82) is 0 Å². The third-order valence-electron chi connectivity index (χ3n) is 1.01. The molecule has 0 aliphatic carbocycles. The number of esters is 1. The van der Waals surface area contributed by atoms with Crippen molar-refractivity contribution in [3.63, 3.8) is 0 Å². The summed E-state index contributed by atoms with van der Waals surface area (Å²) in [6.45, 7) is 2.28. The minimum absolute atomic E-state index is 0.0201. The summed E-state index contributed by atoms with van der Waals surface area (Å²) in [4.78, 5) is 20.7. The first-order chi connectivity index (χ1) is 5.66. The summed E-state index contributed by atoms with van der Waals surface area (Å²) in [7, 11) is 0. The van der Waals surface area contributed by atoms with Gasteiger partial charge in [0.05, 0.1) is 13.0 Å². The second-order valence-corrected chi connectivity index (χ2v) is 2.17. The number of carboxylic acid groups (broad SMARTS) is 1. The molecule has 0 aliphatic heterocycles. The summed E-state index contributed by atoms with van der Waals surface area (Å²) in [5, 5.41) is 8.16. The number of carboxylic acids is 1. The summed E-state index contributed by atoms with van der Waals surface area (Å²) in [5.41, 5.74) is 0. The maximum absolute atomic E-state index is 10.7. The van der Waals surface area contributed by atoms with E-state index in [4.69, 9.17) is 5.11 Å². The highest BCUT2D eigenvalue weighted by molar-refractivity contribution is 5.81. The van der Waals surface area contributed by atoms with E-state index in [1.807, 2.05) is 6.92 Å². The van der Waals surface area contributed by atoms with Crippen LogP contribution in [0.15, 0.2) is 12.2 Å². The molecule has 0 aliphatic rings. The zero-order chi connectivity index (χ0) is 9.40. The minimum atomic E-state index is -1.06. The molecular weight excluding hydrogens is 160 g/mol. The van der Waals surface area contributed by atoms with Gasteiger partial charge in [0.25, 0.3) is 0 Å². The summed E-state index contributed by atoms with van der Waals surface area (Å²) < 4.78 is 4.69. The van der Waals surface area contributed by atoms with Crippen LogP contribution in [0.3, 0.4) is 0 Å². The van der Waals surface area contributed by atoms with Gasteiger partial charge in [0.15, 0.2) is 0 Å². The van der Waals surface area contributed by atoms with E-state index >= 15 is 0 Å². The number of carbonyl (C=O) groups excluding carboxylic acids is 1. The molecule has 0 spiro atoms. The molecule has 68 valence electrons. The van der Waals surface area contributed by atoms with Gasteiger partial charge in [0, 0.05) is 6.08 Å². The second kappa shape index (κ2) is 6.39. The summed E-state index contributed by atoms with van der Waals surface area (Å²) in [5.74, 6) is -1.45. The van der Waals surface area contributed by atoms with Gasteiger partial charge in [0.2, 0.25) is 0 Å². The Morgan fingerprint density at radius 3 is 2.67 bits per heavy atom. The molecule has 0 aromatic heterocycles. The fourth-order valence-electron chi connectivity index (χ4n) is 0.531. The lowest BCUT2D eigenvalue weighted by molar-refractivity contribution is -0.142. The predicted octanol–water partition coefficient (Wildman–Crippen LogP) is 0.970. The van der Waals surface area contributed by atoms with E-state index in [0.717, 1.165) is 12.5 Å². The zero-order valence-electron chi connectivity index (χ0n) is 6.95. The van der Waals surface area contributed by atoms with Crippen LogP contribution in [0.2, 0.25) is 0 Å². The molecule has 0 atom stereocenters. The van der Waals surface area contributed by atoms with Crippen LogP contribution in [-0.2, 0) is 14.3 Å². The van der Waals surface area contributed by atoms with E-state index in [2.05, 4.69) is 4.74 Å². The van der Waals surface area contributed by atoms with Gasteiger partial charge in [-0.1, -0.05) is 13.0 Å². The molecule has 4 heteroatoms. The third kappa shape index (κ3) is 6.80. The highest BCUT2D eigenvalue weighted by Crippen LogP contribution is 1.90. The Morgan fingerprint density at radius 1 is 1.50 bits per heavy atom. The van der Waals surface area contributed by atoms with Crippen molar-refractivity contribution in [1.82, 2.24) is 0 Å². The van der Waals surface area contributed by atoms with Gasteiger partial charge < -0.3 is 9.84 Å². The van der Waals surface area contributed by atoms with E-state index in [-0.39, 0.29) is 6.42 Å². The number of rotatable bonds is 5. The van der Waals surface area contributed by atoms with Gasteiger partial charge in [0.1, 0.15) is 0 Å². The lowest BCUT2D eigenvalue weighted by atomic mass is 10.4. The summed E-state index contributed by atoms with van der Waals surface area (Å²) in [6.07, 6.45) is 2.98. The largest absolute Gasteiger partial charge is 0.478 e. The van der Waals surface area contributed by atoms with E-state index in [9.17, 15) is 9.59 Å². The monoisotopic (exact) mass is 172 g/mol. The molecule has 0 saturated heterocycles. The van der Waals surface area contributed by atoms with Crippen molar-refractivity contribution >= 4 is 11.9 Å². The molecule has 12 heavy (non-hydrogen) atoms. The maximum Gasteiger partial charge on any atom is 0.327 e. The first-order valence-corrected chi connectivity index (χ1v) is 3.72. The first kappa shape index (κ1) is 10.7. The molecule has 1 N–H and O–H groups in total. The van der Waals surface area contributed by atoms with Crippen molar-refractivity contribution in [3.8, 4) is 0 Å². The Bertz CT molecular complexity index is 183. The van der Waals surface area contributed by atoms with Gasteiger partial charge in [-0.3, -0.25) is 4.79 Å². The van der Waals surface area contributed by atoms with E-state index < -0.39 is 11.9 Å². The van der Waals surface area contributed by atoms with Gasteiger partial charge in [-0.2, -0.15) is 0 Å². The van der Waals surface area contributed by atoms with Crippen LogP contribution in [0.25, 0.3) is 0 Å². The maximum atomic E-state index is 10.7. The lowest BCUT2D eigenvalue weighted by Crippen LogP contribution is -2.03. The number of ether oxygens (including phenoxy) is 1. The van der Waals surface area contributed by atoms with Gasteiger partial charge in [-0.25, -0.2) is 4.79 Å². The molecule has 0 rings (SSSR count). The van der Waals surface area contributed by atoms with Crippen LogP contribution in [0.5, 0.6) is 0 Å². The quantitative estimate of drug-likeness (QED) is 0.495.